The van der Waals surface area contributed by atoms with Gasteiger partial charge in [0.15, 0.2) is 5.78 Å². The van der Waals surface area contributed by atoms with E-state index in [1.807, 2.05) is 17.8 Å². The van der Waals surface area contributed by atoms with Gasteiger partial charge in [-0.05, 0) is 13.0 Å². The van der Waals surface area contributed by atoms with Crippen LogP contribution in [0.25, 0.3) is 0 Å². The van der Waals surface area contributed by atoms with Gasteiger partial charge in [-0.1, -0.05) is 0 Å². The molecule has 1 aliphatic heterocycles. The number of hydrogen-bond donors (Lipinski definition) is 0. The number of nitrogens with zero attached hydrogens (tertiary/aromatic N) is 1. The van der Waals surface area contributed by atoms with Gasteiger partial charge in [-0.3, -0.25) is 4.79 Å². The van der Waals surface area contributed by atoms with Crippen LogP contribution in [0, 0.1) is 0 Å². The highest BCUT2D eigenvalue weighted by atomic mass is 32.2. The Morgan fingerprint density at radius 3 is 3.00 bits per heavy atom. The molecule has 0 aromatic carbocycles. The zero-order chi connectivity index (χ0) is 9.42. The van der Waals surface area contributed by atoms with Gasteiger partial charge in [0, 0.05) is 24.2 Å². The SMILES string of the molecule is CC(=O)c1cc2c(s1)N(C)CCS2. The molecule has 70 valence electrons. The molecule has 0 aliphatic carbocycles. The minimum Gasteiger partial charge on any atom is -0.365 e. The van der Waals surface area contributed by atoms with Crippen LogP contribution in [0.5, 0.6) is 0 Å². The number of anilines is 1. The van der Waals surface area contributed by atoms with Crippen molar-refractivity contribution in [1.29, 1.82) is 0 Å². The van der Waals surface area contributed by atoms with E-state index in [9.17, 15) is 4.79 Å². The first-order valence-corrected chi connectivity index (χ1v) is 5.97. The Kier molecular flexibility index (Phi) is 2.34. The standard InChI is InChI=1S/C9H11NOS2/c1-6(11)7-5-8-9(13-7)10(2)3-4-12-8/h5H,3-4H2,1-2H3. The number of rotatable bonds is 1. The summed E-state index contributed by atoms with van der Waals surface area (Å²) < 4.78 is 0. The Labute approximate surface area is 85.9 Å². The van der Waals surface area contributed by atoms with Crippen molar-refractivity contribution in [3.63, 3.8) is 0 Å². The Morgan fingerprint density at radius 2 is 2.38 bits per heavy atom. The number of Topliss-reactive ketones (excluding diaryl/α,β-unsaturated/α-hetero) is 1. The van der Waals surface area contributed by atoms with Crippen LogP contribution < -0.4 is 4.90 Å². The highest BCUT2D eigenvalue weighted by Gasteiger charge is 2.19. The smallest absolute Gasteiger partial charge is 0.169 e. The van der Waals surface area contributed by atoms with E-state index < -0.39 is 0 Å². The third-order valence-electron chi connectivity index (χ3n) is 2.06. The summed E-state index contributed by atoms with van der Waals surface area (Å²) in [7, 11) is 2.08. The summed E-state index contributed by atoms with van der Waals surface area (Å²) in [5.74, 6) is 1.30. The minimum atomic E-state index is 0.174. The van der Waals surface area contributed by atoms with Gasteiger partial charge in [-0.2, -0.15) is 0 Å². The monoisotopic (exact) mass is 213 g/mol. The summed E-state index contributed by atoms with van der Waals surface area (Å²) in [5, 5.41) is 1.25. The van der Waals surface area contributed by atoms with Crippen molar-refractivity contribution >= 4 is 33.9 Å². The van der Waals surface area contributed by atoms with E-state index in [1.165, 1.54) is 9.90 Å². The van der Waals surface area contributed by atoms with Crippen molar-refractivity contribution in [1.82, 2.24) is 0 Å². The molecule has 13 heavy (non-hydrogen) atoms. The van der Waals surface area contributed by atoms with E-state index in [0.717, 1.165) is 17.2 Å². The lowest BCUT2D eigenvalue weighted by Gasteiger charge is -2.22. The van der Waals surface area contributed by atoms with Crippen LogP contribution in [-0.4, -0.2) is 25.1 Å². The number of hydrogen-bond acceptors (Lipinski definition) is 4. The topological polar surface area (TPSA) is 20.3 Å². The molecule has 0 fully saturated rings. The Hall–Kier alpha value is -0.480. The Bertz CT molecular complexity index is 345. The second-order valence-corrected chi connectivity index (χ2v) is 5.27. The van der Waals surface area contributed by atoms with Gasteiger partial charge in [-0.25, -0.2) is 0 Å². The van der Waals surface area contributed by atoms with Crippen molar-refractivity contribution in [2.45, 2.75) is 11.8 Å². The van der Waals surface area contributed by atoms with Gasteiger partial charge in [0.1, 0.15) is 5.00 Å². The number of carbonyl (C=O) groups is 1. The molecule has 0 saturated heterocycles. The molecule has 2 nitrogen and oxygen atoms in total. The average Bonchev–Trinajstić information content (AvgIpc) is 2.49. The molecule has 0 N–H and O–H groups in total. The highest BCUT2D eigenvalue weighted by Crippen LogP contribution is 2.40. The molecule has 4 heteroatoms. The van der Waals surface area contributed by atoms with Crippen LogP contribution in [0.2, 0.25) is 0 Å². The number of ketones is 1. The lowest BCUT2D eigenvalue weighted by atomic mass is 10.3. The molecule has 0 bridgehead atoms. The van der Waals surface area contributed by atoms with Gasteiger partial charge < -0.3 is 4.90 Å². The molecule has 1 aliphatic rings. The predicted molar refractivity (Wildman–Crippen MR) is 58.3 cm³/mol. The van der Waals surface area contributed by atoms with E-state index in [-0.39, 0.29) is 5.78 Å². The first-order valence-electron chi connectivity index (χ1n) is 4.17. The summed E-state index contributed by atoms with van der Waals surface area (Å²) in [6.07, 6.45) is 0. The van der Waals surface area contributed by atoms with Crippen LogP contribution in [0.1, 0.15) is 16.6 Å². The quantitative estimate of drug-likeness (QED) is 0.668. The molecule has 0 atom stereocenters. The van der Waals surface area contributed by atoms with E-state index in [2.05, 4.69) is 11.9 Å². The zero-order valence-corrected chi connectivity index (χ0v) is 9.30. The lowest BCUT2D eigenvalue weighted by molar-refractivity contribution is 0.102. The highest BCUT2D eigenvalue weighted by molar-refractivity contribution is 7.99. The fraction of sp³-hybridized carbons (Fsp3) is 0.444. The number of thioether (sulfide) groups is 1. The molecule has 1 aromatic rings. The molecule has 0 spiro atoms. The van der Waals surface area contributed by atoms with Gasteiger partial charge >= 0.3 is 0 Å². The molecule has 0 unspecified atom stereocenters. The third-order valence-corrected chi connectivity index (χ3v) is 4.55. The van der Waals surface area contributed by atoms with Crippen molar-refractivity contribution in [3.8, 4) is 0 Å². The lowest BCUT2D eigenvalue weighted by Crippen LogP contribution is -2.22. The van der Waals surface area contributed by atoms with Crippen molar-refractivity contribution < 1.29 is 4.79 Å². The van der Waals surface area contributed by atoms with Gasteiger partial charge in [-0.15, -0.1) is 23.1 Å². The molecular formula is C9H11NOS2. The molecule has 2 rings (SSSR count). The van der Waals surface area contributed by atoms with Crippen LogP contribution in [0.15, 0.2) is 11.0 Å². The first-order chi connectivity index (χ1) is 6.18. The summed E-state index contributed by atoms with van der Waals surface area (Å²) >= 11 is 3.45. The van der Waals surface area contributed by atoms with E-state index >= 15 is 0 Å². The fourth-order valence-electron chi connectivity index (χ4n) is 1.30. The number of thiophene rings is 1. The molecule has 0 amide bonds. The fourth-order valence-corrected chi connectivity index (χ4v) is 3.68. The first kappa shape index (κ1) is 9.09. The average molecular weight is 213 g/mol. The maximum Gasteiger partial charge on any atom is 0.169 e. The van der Waals surface area contributed by atoms with Gasteiger partial charge in [0.2, 0.25) is 0 Å². The molecule has 1 aromatic heterocycles. The van der Waals surface area contributed by atoms with E-state index in [1.54, 1.807) is 18.3 Å². The number of fused-ring (bicyclic) bond motifs is 1. The zero-order valence-electron chi connectivity index (χ0n) is 7.66. The summed E-state index contributed by atoms with van der Waals surface area (Å²) in [6, 6.07) is 2.02. The molecule has 2 heterocycles. The van der Waals surface area contributed by atoms with Crippen LogP contribution >= 0.6 is 23.1 Å². The van der Waals surface area contributed by atoms with Crippen LogP contribution in [-0.2, 0) is 0 Å². The maximum absolute atomic E-state index is 11.2. The van der Waals surface area contributed by atoms with Crippen LogP contribution in [0.3, 0.4) is 0 Å². The maximum atomic E-state index is 11.2. The van der Waals surface area contributed by atoms with Crippen molar-refractivity contribution in [2.75, 3.05) is 24.2 Å². The second kappa shape index (κ2) is 3.35. The number of carbonyl (C=O) groups excluding carboxylic acids is 1. The normalized spacial score (nSPS) is 15.7. The largest absolute Gasteiger partial charge is 0.365 e. The van der Waals surface area contributed by atoms with E-state index in [4.69, 9.17) is 0 Å². The van der Waals surface area contributed by atoms with Gasteiger partial charge in [0.25, 0.3) is 0 Å². The Morgan fingerprint density at radius 1 is 1.62 bits per heavy atom. The Balaban J connectivity index is 2.42. The molecule has 0 radical (unpaired) electrons. The summed E-state index contributed by atoms with van der Waals surface area (Å²) in [4.78, 5) is 15.5. The van der Waals surface area contributed by atoms with Crippen molar-refractivity contribution in [2.24, 2.45) is 0 Å². The molecular weight excluding hydrogens is 202 g/mol. The summed E-state index contributed by atoms with van der Waals surface area (Å²) in [5.41, 5.74) is 0. The van der Waals surface area contributed by atoms with Gasteiger partial charge in [0.05, 0.1) is 4.88 Å². The second-order valence-electron chi connectivity index (χ2n) is 3.11. The minimum absolute atomic E-state index is 0.174. The van der Waals surface area contributed by atoms with E-state index in [0.29, 0.717) is 0 Å². The predicted octanol–water partition coefficient (Wildman–Crippen LogP) is 2.49. The van der Waals surface area contributed by atoms with Crippen molar-refractivity contribution in [3.05, 3.63) is 10.9 Å². The van der Waals surface area contributed by atoms with Crippen LogP contribution in [0.4, 0.5) is 5.00 Å². The molecule has 0 saturated carbocycles. The summed E-state index contributed by atoms with van der Waals surface area (Å²) in [6.45, 7) is 2.71. The third kappa shape index (κ3) is 1.60.